The molecule has 1 heterocycles. The van der Waals surface area contributed by atoms with E-state index in [1.54, 1.807) is 0 Å². The molecular weight excluding hydrogens is 254 g/mol. The number of aliphatic hydroxyl groups is 1. The van der Waals surface area contributed by atoms with E-state index in [4.69, 9.17) is 9.47 Å². The number of ether oxygens (including phenoxy) is 2. The molecule has 1 N–H and O–H groups in total. The fourth-order valence-corrected chi connectivity index (χ4v) is 1.30. The topological polar surface area (TPSA) is 101 Å². The van der Waals surface area contributed by atoms with E-state index in [0.29, 0.717) is 0 Å². The van der Waals surface area contributed by atoms with Gasteiger partial charge in [-0.1, -0.05) is 0 Å². The van der Waals surface area contributed by atoms with Gasteiger partial charge < -0.3 is 14.6 Å². The molecule has 1 amide bonds. The van der Waals surface area contributed by atoms with Crippen LogP contribution in [0.4, 0.5) is 11.9 Å². The molecule has 0 aromatic carbocycles. The van der Waals surface area contributed by atoms with Gasteiger partial charge in [0.25, 0.3) is 0 Å². The molecule has 0 aliphatic heterocycles. The zero-order chi connectivity index (χ0) is 14.3. The number of aliphatic hydroxyl groups excluding tert-OH is 1. The first-order chi connectivity index (χ1) is 9.13. The zero-order valence-electron chi connectivity index (χ0n) is 11.1. The Morgan fingerprint density at radius 2 is 1.89 bits per heavy atom. The molecule has 9 heteroatoms. The Labute approximate surface area is 110 Å². The Morgan fingerprint density at radius 1 is 1.26 bits per heavy atom. The number of hydrogen-bond donors (Lipinski definition) is 1. The van der Waals surface area contributed by atoms with Crippen molar-refractivity contribution < 1.29 is 19.4 Å². The number of amides is 1. The number of methoxy groups -OCH3 is 2. The van der Waals surface area contributed by atoms with Gasteiger partial charge in [-0.15, -0.1) is 0 Å². The van der Waals surface area contributed by atoms with Gasteiger partial charge in [0.2, 0.25) is 17.8 Å². The van der Waals surface area contributed by atoms with Gasteiger partial charge in [0.05, 0.1) is 0 Å². The maximum Gasteiger partial charge on any atom is 0.238 e. The fraction of sp³-hybridized carbons (Fsp3) is 0.600. The van der Waals surface area contributed by atoms with Gasteiger partial charge in [-0.2, -0.15) is 4.98 Å². The maximum absolute atomic E-state index is 11.5. The van der Waals surface area contributed by atoms with Crippen molar-refractivity contribution in [2.45, 2.75) is 6.92 Å². The average Bonchev–Trinajstić information content (AvgIpc) is 2.42. The minimum Gasteiger partial charge on any atom is -0.376 e. The number of aromatic nitrogens is 3. The first-order valence-electron chi connectivity index (χ1n) is 5.44. The first kappa shape index (κ1) is 15.2. The molecule has 0 unspecified atom stereocenters. The predicted octanol–water partition coefficient (Wildman–Crippen LogP) is -0.812. The van der Waals surface area contributed by atoms with E-state index in [2.05, 4.69) is 15.0 Å². The van der Waals surface area contributed by atoms with Crippen LogP contribution >= 0.6 is 0 Å². The molecule has 0 radical (unpaired) electrons. The number of hydrogen-bond acceptors (Lipinski definition) is 8. The van der Waals surface area contributed by atoms with E-state index in [9.17, 15) is 9.90 Å². The van der Waals surface area contributed by atoms with Crippen LogP contribution in [0.15, 0.2) is 6.33 Å². The molecule has 0 spiro atoms. The van der Waals surface area contributed by atoms with Crippen LogP contribution in [0.5, 0.6) is 0 Å². The van der Waals surface area contributed by atoms with Crippen molar-refractivity contribution in [1.29, 1.82) is 0 Å². The first-order valence-corrected chi connectivity index (χ1v) is 5.44. The van der Waals surface area contributed by atoms with Crippen LogP contribution in [0.3, 0.4) is 0 Å². The summed E-state index contributed by atoms with van der Waals surface area (Å²) in [5.41, 5.74) is 0. The summed E-state index contributed by atoms with van der Waals surface area (Å²) in [6.07, 6.45) is 1.25. The highest BCUT2D eigenvalue weighted by Crippen LogP contribution is 2.12. The molecule has 106 valence electrons. The van der Waals surface area contributed by atoms with Gasteiger partial charge in [0.1, 0.15) is 26.5 Å². The minimum absolute atomic E-state index is 0.0299. The second kappa shape index (κ2) is 7.56. The highest BCUT2D eigenvalue weighted by atomic mass is 16.5. The SMILES string of the molecule is COCN(CO)c1ncnc(N(COC)C(C)=O)n1. The second-order valence-electron chi connectivity index (χ2n) is 3.55. The largest absolute Gasteiger partial charge is 0.376 e. The summed E-state index contributed by atoms with van der Waals surface area (Å²) in [5, 5.41) is 9.19. The van der Waals surface area contributed by atoms with Gasteiger partial charge in [0, 0.05) is 21.1 Å². The summed E-state index contributed by atoms with van der Waals surface area (Å²) in [5.74, 6) is 0.0897. The third-order valence-corrected chi connectivity index (χ3v) is 2.16. The molecular formula is C10H17N5O4. The fourth-order valence-electron chi connectivity index (χ4n) is 1.30. The third-order valence-electron chi connectivity index (χ3n) is 2.16. The van der Waals surface area contributed by atoms with Crippen LogP contribution in [0.25, 0.3) is 0 Å². The molecule has 9 nitrogen and oxygen atoms in total. The van der Waals surface area contributed by atoms with Gasteiger partial charge in [0.15, 0.2) is 0 Å². The van der Waals surface area contributed by atoms with Gasteiger partial charge >= 0.3 is 0 Å². The van der Waals surface area contributed by atoms with Crippen molar-refractivity contribution in [3.63, 3.8) is 0 Å². The Kier molecular flexibility index (Phi) is 6.06. The summed E-state index contributed by atoms with van der Waals surface area (Å²) >= 11 is 0. The lowest BCUT2D eigenvalue weighted by atomic mass is 10.6. The normalized spacial score (nSPS) is 10.3. The van der Waals surface area contributed by atoms with Crippen molar-refractivity contribution >= 4 is 17.8 Å². The summed E-state index contributed by atoms with van der Waals surface area (Å²) in [4.78, 5) is 26.0. The van der Waals surface area contributed by atoms with E-state index in [1.165, 1.54) is 37.3 Å². The number of carbonyl (C=O) groups excluding carboxylic acids is 1. The summed E-state index contributed by atoms with van der Waals surface area (Å²) in [6, 6.07) is 0. The van der Waals surface area contributed by atoms with Crippen LogP contribution in [-0.2, 0) is 14.3 Å². The van der Waals surface area contributed by atoms with Crippen molar-refractivity contribution in [3.05, 3.63) is 6.33 Å². The van der Waals surface area contributed by atoms with Crippen LogP contribution in [-0.4, -0.2) is 60.4 Å². The predicted molar refractivity (Wildman–Crippen MR) is 66.3 cm³/mol. The molecule has 0 bridgehead atoms. The Morgan fingerprint density at radius 3 is 2.42 bits per heavy atom. The minimum atomic E-state index is -0.318. The molecule has 0 saturated carbocycles. The van der Waals surface area contributed by atoms with E-state index in [1.807, 2.05) is 0 Å². The Balaban J connectivity index is 3.00. The van der Waals surface area contributed by atoms with Crippen molar-refractivity contribution in [2.24, 2.45) is 0 Å². The summed E-state index contributed by atoms with van der Waals surface area (Å²) in [6.45, 7) is 1.20. The summed E-state index contributed by atoms with van der Waals surface area (Å²) < 4.78 is 9.82. The standard InChI is InChI=1S/C10H17N5O4/c1-8(17)15(7-19-3)10-12-4-11-9(13-10)14(5-16)6-18-2/h4,16H,5-7H2,1-3H3. The van der Waals surface area contributed by atoms with Gasteiger partial charge in [-0.05, 0) is 0 Å². The second-order valence-corrected chi connectivity index (χ2v) is 3.55. The Hall–Kier alpha value is -1.84. The smallest absolute Gasteiger partial charge is 0.238 e. The lowest BCUT2D eigenvalue weighted by Gasteiger charge is -2.21. The quantitative estimate of drug-likeness (QED) is 0.642. The molecule has 0 saturated heterocycles. The zero-order valence-corrected chi connectivity index (χ0v) is 11.1. The lowest BCUT2D eigenvalue weighted by molar-refractivity contribution is -0.117. The number of nitrogens with zero attached hydrogens (tertiary/aromatic N) is 5. The Bertz CT molecular complexity index is 417. The number of carbonyl (C=O) groups is 1. The molecule has 0 aliphatic carbocycles. The van der Waals surface area contributed by atoms with Crippen LogP contribution < -0.4 is 9.80 Å². The molecule has 1 rings (SSSR count). The van der Waals surface area contributed by atoms with Crippen molar-refractivity contribution in [2.75, 3.05) is 44.2 Å². The highest BCUT2D eigenvalue weighted by Gasteiger charge is 2.17. The van der Waals surface area contributed by atoms with E-state index < -0.39 is 0 Å². The molecule has 1 aromatic rings. The maximum atomic E-state index is 11.5. The molecule has 0 atom stereocenters. The molecule has 1 aromatic heterocycles. The summed E-state index contributed by atoms with van der Waals surface area (Å²) in [7, 11) is 2.94. The molecule has 19 heavy (non-hydrogen) atoms. The van der Waals surface area contributed by atoms with Crippen LogP contribution in [0.2, 0.25) is 0 Å². The number of rotatable bonds is 7. The lowest BCUT2D eigenvalue weighted by Crippen LogP contribution is -2.34. The van der Waals surface area contributed by atoms with E-state index in [0.717, 1.165) is 0 Å². The van der Waals surface area contributed by atoms with E-state index >= 15 is 0 Å². The average molecular weight is 271 g/mol. The highest BCUT2D eigenvalue weighted by molar-refractivity contribution is 5.89. The van der Waals surface area contributed by atoms with Gasteiger partial charge in [-0.25, -0.2) is 9.97 Å². The van der Waals surface area contributed by atoms with E-state index in [-0.39, 0.29) is 38.0 Å². The number of anilines is 2. The van der Waals surface area contributed by atoms with Crippen molar-refractivity contribution in [3.8, 4) is 0 Å². The third kappa shape index (κ3) is 4.09. The molecule has 0 aliphatic rings. The van der Waals surface area contributed by atoms with Crippen molar-refractivity contribution in [1.82, 2.24) is 15.0 Å². The monoisotopic (exact) mass is 271 g/mol. The van der Waals surface area contributed by atoms with Crippen LogP contribution in [0.1, 0.15) is 6.92 Å². The molecule has 0 fully saturated rings. The van der Waals surface area contributed by atoms with Gasteiger partial charge in [-0.3, -0.25) is 14.6 Å². The van der Waals surface area contributed by atoms with Crippen LogP contribution in [0, 0.1) is 0 Å².